The Morgan fingerprint density at radius 1 is 1.06 bits per heavy atom. The molecule has 0 radical (unpaired) electrons. The van der Waals surface area contributed by atoms with E-state index in [1.165, 1.54) is 12.8 Å². The van der Waals surface area contributed by atoms with Gasteiger partial charge in [0.05, 0.1) is 12.9 Å². The maximum Gasteiger partial charge on any atom is 0.277 e. The van der Waals surface area contributed by atoms with Gasteiger partial charge in [0.15, 0.2) is 0 Å². The zero-order valence-corrected chi connectivity index (χ0v) is 18.5. The molecule has 3 aromatic rings. The molecule has 0 saturated heterocycles. The van der Waals surface area contributed by atoms with Gasteiger partial charge < -0.3 is 19.8 Å². The molecule has 1 heterocycles. The monoisotopic (exact) mass is 452 g/mol. The Kier molecular flexibility index (Phi) is 7.06. The Balaban J connectivity index is 1.26. The second-order valence-corrected chi connectivity index (χ2v) is 8.40. The first-order chi connectivity index (χ1) is 15.6. The summed E-state index contributed by atoms with van der Waals surface area (Å²) in [4.78, 5) is 24.6. The number of thioether (sulfide) groups is 1. The minimum atomic E-state index is -0.206. The van der Waals surface area contributed by atoms with Crippen molar-refractivity contribution < 1.29 is 18.7 Å². The largest absolute Gasteiger partial charge is 0.497 e. The van der Waals surface area contributed by atoms with Crippen molar-refractivity contribution in [1.82, 2.24) is 15.5 Å². The van der Waals surface area contributed by atoms with Gasteiger partial charge in [0, 0.05) is 22.9 Å². The van der Waals surface area contributed by atoms with E-state index in [-0.39, 0.29) is 23.6 Å². The summed E-state index contributed by atoms with van der Waals surface area (Å²) in [6, 6.07) is 14.4. The van der Waals surface area contributed by atoms with Gasteiger partial charge in [0.25, 0.3) is 11.1 Å². The highest BCUT2D eigenvalue weighted by atomic mass is 32.2. The van der Waals surface area contributed by atoms with Gasteiger partial charge in [0.2, 0.25) is 11.8 Å². The molecule has 0 spiro atoms. The molecule has 1 saturated carbocycles. The topological polar surface area (TPSA) is 106 Å². The summed E-state index contributed by atoms with van der Waals surface area (Å²) >= 11 is 1.16. The highest BCUT2D eigenvalue weighted by Crippen LogP contribution is 2.25. The summed E-state index contributed by atoms with van der Waals surface area (Å²) in [5, 5.41) is 14.2. The summed E-state index contributed by atoms with van der Waals surface area (Å²) in [6.07, 6.45) is 4.42. The average Bonchev–Trinajstić information content (AvgIpc) is 3.50. The number of anilines is 1. The van der Waals surface area contributed by atoms with Crippen molar-refractivity contribution in [1.29, 1.82) is 0 Å². The van der Waals surface area contributed by atoms with Crippen molar-refractivity contribution >= 4 is 29.3 Å². The van der Waals surface area contributed by atoms with Crippen molar-refractivity contribution in [2.24, 2.45) is 0 Å². The third-order valence-electron chi connectivity index (χ3n) is 5.19. The molecule has 8 nitrogen and oxygen atoms in total. The smallest absolute Gasteiger partial charge is 0.277 e. The van der Waals surface area contributed by atoms with Gasteiger partial charge in [-0.1, -0.05) is 24.6 Å². The summed E-state index contributed by atoms with van der Waals surface area (Å²) in [6.45, 7) is 0. The Labute approximate surface area is 190 Å². The number of aromatic nitrogens is 2. The van der Waals surface area contributed by atoms with E-state index in [0.717, 1.165) is 35.9 Å². The standard InChI is InChI=1S/C23H24N4O4S/c1-30-19-12-8-16(9-13-19)22-26-27-23(31-22)32-14-20(28)24-18-10-6-15(7-11-18)21(29)25-17-4-2-3-5-17/h6-13,17H,2-5,14H2,1H3,(H,24,28)(H,25,29). The quantitative estimate of drug-likeness (QED) is 0.495. The van der Waals surface area contributed by atoms with E-state index in [1.807, 2.05) is 24.3 Å². The minimum Gasteiger partial charge on any atom is -0.497 e. The molecule has 1 aliphatic rings. The number of carbonyl (C=O) groups excluding carboxylic acids is 2. The number of hydrogen-bond acceptors (Lipinski definition) is 7. The van der Waals surface area contributed by atoms with Crippen LogP contribution in [-0.4, -0.2) is 40.9 Å². The lowest BCUT2D eigenvalue weighted by Gasteiger charge is -2.12. The summed E-state index contributed by atoms with van der Waals surface area (Å²) in [7, 11) is 1.60. The SMILES string of the molecule is COc1ccc(-c2nnc(SCC(=O)Nc3ccc(C(=O)NC4CCCC4)cc3)o2)cc1. The fourth-order valence-corrected chi connectivity index (χ4v) is 4.05. The highest BCUT2D eigenvalue weighted by molar-refractivity contribution is 7.99. The van der Waals surface area contributed by atoms with E-state index in [9.17, 15) is 9.59 Å². The van der Waals surface area contributed by atoms with Crippen LogP contribution in [0.1, 0.15) is 36.0 Å². The first-order valence-electron chi connectivity index (χ1n) is 10.4. The third kappa shape index (κ3) is 5.67. The maximum absolute atomic E-state index is 12.3. The number of amides is 2. The maximum atomic E-state index is 12.3. The number of carbonyl (C=O) groups is 2. The Bertz CT molecular complexity index is 1060. The lowest BCUT2D eigenvalue weighted by atomic mass is 10.1. The minimum absolute atomic E-state index is 0.0746. The van der Waals surface area contributed by atoms with Crippen LogP contribution in [0.5, 0.6) is 5.75 Å². The molecule has 2 aromatic carbocycles. The van der Waals surface area contributed by atoms with E-state index < -0.39 is 0 Å². The Morgan fingerprint density at radius 3 is 2.47 bits per heavy atom. The predicted molar refractivity (Wildman–Crippen MR) is 122 cm³/mol. The van der Waals surface area contributed by atoms with Crippen LogP contribution in [0.25, 0.3) is 11.5 Å². The normalized spacial score (nSPS) is 13.7. The molecule has 1 aliphatic carbocycles. The van der Waals surface area contributed by atoms with Crippen LogP contribution >= 0.6 is 11.8 Å². The molecule has 2 amide bonds. The Morgan fingerprint density at radius 2 is 1.78 bits per heavy atom. The van der Waals surface area contributed by atoms with Crippen LogP contribution in [0, 0.1) is 0 Å². The van der Waals surface area contributed by atoms with Gasteiger partial charge in [-0.3, -0.25) is 9.59 Å². The molecule has 4 rings (SSSR count). The van der Waals surface area contributed by atoms with Gasteiger partial charge in [0.1, 0.15) is 5.75 Å². The third-order valence-corrected chi connectivity index (χ3v) is 6.01. The van der Waals surface area contributed by atoms with E-state index in [2.05, 4.69) is 20.8 Å². The molecule has 9 heteroatoms. The molecular formula is C23H24N4O4S. The number of benzene rings is 2. The predicted octanol–water partition coefficient (Wildman–Crippen LogP) is 4.15. The highest BCUT2D eigenvalue weighted by Gasteiger charge is 2.18. The van der Waals surface area contributed by atoms with Crippen molar-refractivity contribution in [3.8, 4) is 17.2 Å². The molecule has 0 bridgehead atoms. The van der Waals surface area contributed by atoms with E-state index in [4.69, 9.17) is 9.15 Å². The zero-order chi connectivity index (χ0) is 22.3. The molecule has 166 valence electrons. The number of methoxy groups -OCH3 is 1. The molecule has 2 N–H and O–H groups in total. The molecule has 0 unspecified atom stereocenters. The number of rotatable bonds is 8. The van der Waals surface area contributed by atoms with Crippen LogP contribution in [0.15, 0.2) is 58.2 Å². The number of nitrogens with one attached hydrogen (secondary N) is 2. The van der Waals surface area contributed by atoms with Gasteiger partial charge in [-0.25, -0.2) is 0 Å². The summed E-state index contributed by atoms with van der Waals surface area (Å²) in [5.41, 5.74) is 1.98. The second-order valence-electron chi connectivity index (χ2n) is 7.47. The van der Waals surface area contributed by atoms with Crippen LogP contribution < -0.4 is 15.4 Å². The van der Waals surface area contributed by atoms with Gasteiger partial charge >= 0.3 is 0 Å². The van der Waals surface area contributed by atoms with Crippen LogP contribution in [0.4, 0.5) is 5.69 Å². The number of nitrogens with zero attached hydrogens (tertiary/aromatic N) is 2. The van der Waals surface area contributed by atoms with Crippen molar-refractivity contribution in [2.75, 3.05) is 18.2 Å². The Hall–Kier alpha value is -3.33. The number of ether oxygens (including phenoxy) is 1. The molecular weight excluding hydrogens is 428 g/mol. The van der Waals surface area contributed by atoms with Gasteiger partial charge in [-0.2, -0.15) is 0 Å². The molecule has 32 heavy (non-hydrogen) atoms. The summed E-state index contributed by atoms with van der Waals surface area (Å²) < 4.78 is 10.7. The van der Waals surface area contributed by atoms with Gasteiger partial charge in [-0.15, -0.1) is 10.2 Å². The zero-order valence-electron chi connectivity index (χ0n) is 17.7. The van der Waals surface area contributed by atoms with Crippen molar-refractivity contribution in [3.05, 3.63) is 54.1 Å². The van der Waals surface area contributed by atoms with Crippen LogP contribution in [-0.2, 0) is 4.79 Å². The van der Waals surface area contributed by atoms with E-state index in [1.54, 1.807) is 31.4 Å². The van der Waals surface area contributed by atoms with Crippen molar-refractivity contribution in [2.45, 2.75) is 36.9 Å². The molecule has 1 fully saturated rings. The van der Waals surface area contributed by atoms with E-state index >= 15 is 0 Å². The fourth-order valence-electron chi connectivity index (χ4n) is 3.49. The summed E-state index contributed by atoms with van der Waals surface area (Å²) in [5.74, 6) is 0.953. The van der Waals surface area contributed by atoms with Crippen LogP contribution in [0.2, 0.25) is 0 Å². The molecule has 0 aliphatic heterocycles. The first kappa shape index (κ1) is 21.9. The molecule has 0 atom stereocenters. The van der Waals surface area contributed by atoms with Crippen LogP contribution in [0.3, 0.4) is 0 Å². The number of hydrogen-bond donors (Lipinski definition) is 2. The average molecular weight is 453 g/mol. The fraction of sp³-hybridized carbons (Fsp3) is 0.304. The van der Waals surface area contributed by atoms with Crippen molar-refractivity contribution in [3.63, 3.8) is 0 Å². The lowest BCUT2D eigenvalue weighted by molar-refractivity contribution is -0.113. The molecule has 1 aromatic heterocycles. The lowest BCUT2D eigenvalue weighted by Crippen LogP contribution is -2.32. The second kappa shape index (κ2) is 10.3. The van der Waals surface area contributed by atoms with Gasteiger partial charge in [-0.05, 0) is 61.4 Å². The first-order valence-corrected chi connectivity index (χ1v) is 11.4. The van der Waals surface area contributed by atoms with E-state index in [0.29, 0.717) is 22.4 Å².